The fraction of sp³-hybridized carbons (Fsp3) is 0.600. The third kappa shape index (κ3) is 3.80. The number of rotatable bonds is 6. The number of ether oxygens (including phenoxy) is 1. The van der Waals surface area contributed by atoms with Crippen molar-refractivity contribution in [3.63, 3.8) is 0 Å². The van der Waals surface area contributed by atoms with Crippen LogP contribution in [0.3, 0.4) is 0 Å². The first-order valence-electron chi connectivity index (χ1n) is 6.77. The first kappa shape index (κ1) is 15.0. The van der Waals surface area contributed by atoms with E-state index in [9.17, 15) is 0 Å². The third-order valence-corrected chi connectivity index (χ3v) is 5.65. The summed E-state index contributed by atoms with van der Waals surface area (Å²) >= 11 is 8.15. The molecule has 1 aromatic rings. The van der Waals surface area contributed by atoms with Crippen molar-refractivity contribution in [1.29, 1.82) is 0 Å². The second-order valence-electron chi connectivity index (χ2n) is 5.17. The van der Waals surface area contributed by atoms with E-state index in [-0.39, 0.29) is 0 Å². The van der Waals surface area contributed by atoms with Gasteiger partial charge in [-0.3, -0.25) is 0 Å². The van der Waals surface area contributed by atoms with Crippen LogP contribution in [0.4, 0.5) is 0 Å². The lowest BCUT2D eigenvalue weighted by molar-refractivity contribution is 0.415. The van der Waals surface area contributed by atoms with Gasteiger partial charge in [0.25, 0.3) is 0 Å². The molecule has 1 aliphatic rings. The second kappa shape index (κ2) is 6.87. The van der Waals surface area contributed by atoms with E-state index in [1.54, 1.807) is 7.11 Å². The van der Waals surface area contributed by atoms with Crippen molar-refractivity contribution in [2.45, 2.75) is 37.0 Å². The first-order chi connectivity index (χ1) is 9.19. The van der Waals surface area contributed by atoms with Crippen molar-refractivity contribution in [2.75, 3.05) is 19.9 Å². The van der Waals surface area contributed by atoms with E-state index in [1.165, 1.54) is 31.2 Å². The zero-order valence-electron chi connectivity index (χ0n) is 11.7. The Balaban J connectivity index is 1.87. The maximum Gasteiger partial charge on any atom is 0.137 e. The lowest BCUT2D eigenvalue weighted by Crippen LogP contribution is -2.34. The van der Waals surface area contributed by atoms with E-state index in [1.807, 2.05) is 23.9 Å². The fourth-order valence-electron chi connectivity index (χ4n) is 2.73. The maximum absolute atomic E-state index is 6.13. The van der Waals surface area contributed by atoms with Gasteiger partial charge in [-0.15, -0.1) is 0 Å². The molecule has 1 aromatic carbocycles. The summed E-state index contributed by atoms with van der Waals surface area (Å²) in [4.78, 5) is 0. The lowest BCUT2D eigenvalue weighted by Gasteiger charge is -2.27. The van der Waals surface area contributed by atoms with Gasteiger partial charge in [0.1, 0.15) is 5.75 Å². The van der Waals surface area contributed by atoms with Crippen LogP contribution in [0.15, 0.2) is 18.2 Å². The highest BCUT2D eigenvalue weighted by molar-refractivity contribution is 8.00. The Labute approximate surface area is 125 Å². The minimum Gasteiger partial charge on any atom is -0.495 e. The quantitative estimate of drug-likeness (QED) is 0.854. The predicted molar refractivity (Wildman–Crippen MR) is 84.4 cm³/mol. The Hall–Kier alpha value is -0.380. The minimum atomic E-state index is 0.455. The number of methoxy groups -OCH3 is 1. The summed E-state index contributed by atoms with van der Waals surface area (Å²) in [6.45, 7) is 1.95. The van der Waals surface area contributed by atoms with Gasteiger partial charge in [0.05, 0.1) is 12.1 Å². The summed E-state index contributed by atoms with van der Waals surface area (Å²) in [5, 5.41) is 4.26. The zero-order valence-corrected chi connectivity index (χ0v) is 13.2. The summed E-state index contributed by atoms with van der Waals surface area (Å²) in [5.74, 6) is 0.738. The first-order valence-corrected chi connectivity index (χ1v) is 8.38. The molecule has 19 heavy (non-hydrogen) atoms. The smallest absolute Gasteiger partial charge is 0.137 e. The van der Waals surface area contributed by atoms with Crippen LogP contribution in [0.1, 0.15) is 31.2 Å². The average Bonchev–Trinajstić information content (AvgIpc) is 2.88. The van der Waals surface area contributed by atoms with Crippen molar-refractivity contribution in [2.24, 2.45) is 0 Å². The molecule has 0 aromatic heterocycles. The van der Waals surface area contributed by atoms with E-state index in [0.29, 0.717) is 9.77 Å². The topological polar surface area (TPSA) is 21.3 Å². The number of hydrogen-bond donors (Lipinski definition) is 1. The summed E-state index contributed by atoms with van der Waals surface area (Å²) in [7, 11) is 1.64. The van der Waals surface area contributed by atoms with E-state index in [2.05, 4.69) is 17.6 Å². The number of nitrogens with one attached hydrogen (secondary N) is 1. The van der Waals surface area contributed by atoms with Crippen LogP contribution in [0.2, 0.25) is 5.02 Å². The fourth-order valence-corrected chi connectivity index (χ4v) is 3.95. The van der Waals surface area contributed by atoms with Gasteiger partial charge in [-0.05, 0) is 36.8 Å². The van der Waals surface area contributed by atoms with E-state index in [0.717, 1.165) is 18.8 Å². The van der Waals surface area contributed by atoms with Gasteiger partial charge in [0.2, 0.25) is 0 Å². The van der Waals surface area contributed by atoms with Crippen LogP contribution < -0.4 is 10.1 Å². The SMILES string of the molecule is COc1ccc(CNCC2(SC)CCCC2)cc1Cl. The molecule has 1 saturated carbocycles. The zero-order chi connectivity index (χ0) is 13.7. The van der Waals surface area contributed by atoms with Crippen molar-refractivity contribution < 1.29 is 4.74 Å². The minimum absolute atomic E-state index is 0.455. The van der Waals surface area contributed by atoms with Crippen molar-refractivity contribution in [1.82, 2.24) is 5.32 Å². The highest BCUT2D eigenvalue weighted by Crippen LogP contribution is 2.39. The van der Waals surface area contributed by atoms with Gasteiger partial charge < -0.3 is 10.1 Å². The molecule has 1 fully saturated rings. The Bertz CT molecular complexity index is 419. The molecule has 0 aliphatic heterocycles. The van der Waals surface area contributed by atoms with Gasteiger partial charge >= 0.3 is 0 Å². The molecule has 106 valence electrons. The number of thioether (sulfide) groups is 1. The molecule has 4 heteroatoms. The molecule has 2 nitrogen and oxygen atoms in total. The van der Waals surface area contributed by atoms with E-state index < -0.39 is 0 Å². The molecule has 0 unspecified atom stereocenters. The normalized spacial score (nSPS) is 17.6. The predicted octanol–water partition coefficient (Wildman–Crippen LogP) is 4.11. The van der Waals surface area contributed by atoms with Crippen LogP contribution in [0.5, 0.6) is 5.75 Å². The molecule has 0 radical (unpaired) electrons. The van der Waals surface area contributed by atoms with Crippen LogP contribution in [0, 0.1) is 0 Å². The van der Waals surface area contributed by atoms with Gasteiger partial charge in [0, 0.05) is 17.8 Å². The van der Waals surface area contributed by atoms with Crippen molar-refractivity contribution >= 4 is 23.4 Å². The van der Waals surface area contributed by atoms with Crippen LogP contribution in [0.25, 0.3) is 0 Å². The van der Waals surface area contributed by atoms with Crippen molar-refractivity contribution in [3.05, 3.63) is 28.8 Å². The monoisotopic (exact) mass is 299 g/mol. The van der Waals surface area contributed by atoms with E-state index in [4.69, 9.17) is 16.3 Å². The standard InChI is InChI=1S/C15H22ClNOS/c1-18-14-6-5-12(9-13(14)16)10-17-11-15(19-2)7-3-4-8-15/h5-6,9,17H,3-4,7-8,10-11H2,1-2H3. The molecule has 1 N–H and O–H groups in total. The molecule has 0 spiro atoms. The summed E-state index contributed by atoms with van der Waals surface area (Å²) in [5.41, 5.74) is 1.21. The van der Waals surface area contributed by atoms with Crippen LogP contribution in [-0.2, 0) is 6.54 Å². The summed E-state index contributed by atoms with van der Waals surface area (Å²) < 4.78 is 5.62. The maximum atomic E-state index is 6.13. The summed E-state index contributed by atoms with van der Waals surface area (Å²) in [6.07, 6.45) is 7.65. The van der Waals surface area contributed by atoms with Crippen LogP contribution in [-0.4, -0.2) is 24.7 Å². The van der Waals surface area contributed by atoms with Gasteiger partial charge in [0.15, 0.2) is 0 Å². The number of halogens is 1. The highest BCUT2D eigenvalue weighted by Gasteiger charge is 2.32. The molecule has 0 amide bonds. The molecule has 1 aliphatic carbocycles. The molecule has 0 heterocycles. The largest absolute Gasteiger partial charge is 0.495 e. The van der Waals surface area contributed by atoms with Gasteiger partial charge in [-0.1, -0.05) is 30.5 Å². The van der Waals surface area contributed by atoms with Crippen LogP contribution >= 0.6 is 23.4 Å². The molecule has 0 atom stereocenters. The average molecular weight is 300 g/mol. The molecule has 2 rings (SSSR count). The Morgan fingerprint density at radius 1 is 1.37 bits per heavy atom. The number of benzene rings is 1. The van der Waals surface area contributed by atoms with E-state index >= 15 is 0 Å². The third-order valence-electron chi connectivity index (χ3n) is 3.94. The Kier molecular flexibility index (Phi) is 5.43. The molecular formula is C15H22ClNOS. The lowest BCUT2D eigenvalue weighted by atomic mass is 10.1. The van der Waals surface area contributed by atoms with Gasteiger partial charge in [-0.25, -0.2) is 0 Å². The second-order valence-corrected chi connectivity index (χ2v) is 6.85. The molecule has 0 bridgehead atoms. The van der Waals surface area contributed by atoms with Crippen molar-refractivity contribution in [3.8, 4) is 5.75 Å². The van der Waals surface area contributed by atoms with Gasteiger partial charge in [-0.2, -0.15) is 11.8 Å². The molecule has 0 saturated heterocycles. The molecular weight excluding hydrogens is 278 g/mol. The Morgan fingerprint density at radius 3 is 2.68 bits per heavy atom. The highest BCUT2D eigenvalue weighted by atomic mass is 35.5. The summed E-state index contributed by atoms with van der Waals surface area (Å²) in [6, 6.07) is 5.98. The number of hydrogen-bond acceptors (Lipinski definition) is 3. The Morgan fingerprint density at radius 2 is 2.11 bits per heavy atom.